The fraction of sp³-hybridized carbons (Fsp3) is 0. The molecule has 0 unspecified atom stereocenters. The third-order valence-electron chi connectivity index (χ3n) is 11.6. The Morgan fingerprint density at radius 2 is 0.673 bits per heavy atom. The van der Waals surface area contributed by atoms with Gasteiger partial charge in [0.05, 0.1) is 33.1 Å². The minimum atomic E-state index is 1.15. The van der Waals surface area contributed by atoms with E-state index in [0.717, 1.165) is 5.69 Å². The van der Waals surface area contributed by atoms with Gasteiger partial charge < -0.3 is 13.7 Å². The zero-order valence-electron chi connectivity index (χ0n) is 29.9. The van der Waals surface area contributed by atoms with Crippen molar-refractivity contribution in [2.75, 3.05) is 0 Å². The van der Waals surface area contributed by atoms with Crippen LogP contribution in [0.1, 0.15) is 0 Å². The van der Waals surface area contributed by atoms with Crippen molar-refractivity contribution in [3.63, 3.8) is 0 Å². The molecule has 3 nitrogen and oxygen atoms in total. The molecule has 55 heavy (non-hydrogen) atoms. The SMILES string of the molecule is c1ccc(-n2c3ccccc3c3cc(-c4ccc5c(c4)c4c6ccccc6ccc4n5-c4ccc5c(c4)c4ccccc4n5-c4ccccc4)ccc32)cc1. The van der Waals surface area contributed by atoms with Gasteiger partial charge in [0.1, 0.15) is 0 Å². The van der Waals surface area contributed by atoms with E-state index < -0.39 is 0 Å². The van der Waals surface area contributed by atoms with Gasteiger partial charge in [0, 0.05) is 49.4 Å². The topological polar surface area (TPSA) is 14.8 Å². The summed E-state index contributed by atoms with van der Waals surface area (Å²) in [4.78, 5) is 0. The first kappa shape index (κ1) is 30.1. The van der Waals surface area contributed by atoms with Gasteiger partial charge in [0.2, 0.25) is 0 Å². The highest BCUT2D eigenvalue weighted by Gasteiger charge is 2.19. The smallest absolute Gasteiger partial charge is 0.0547 e. The molecular formula is C52H33N3. The normalized spacial score (nSPS) is 12.0. The molecule has 0 saturated carbocycles. The van der Waals surface area contributed by atoms with E-state index in [1.165, 1.54) is 98.7 Å². The molecule has 3 aromatic heterocycles. The fourth-order valence-electron chi connectivity index (χ4n) is 9.21. The van der Waals surface area contributed by atoms with Gasteiger partial charge in [-0.15, -0.1) is 0 Å². The minimum Gasteiger partial charge on any atom is -0.309 e. The second-order valence-corrected chi connectivity index (χ2v) is 14.6. The summed E-state index contributed by atoms with van der Waals surface area (Å²) in [6, 6.07) is 73.2. The van der Waals surface area contributed by atoms with Gasteiger partial charge in [-0.05, 0) is 107 Å². The Hall–Kier alpha value is -7.36. The van der Waals surface area contributed by atoms with E-state index in [2.05, 4.69) is 214 Å². The van der Waals surface area contributed by atoms with E-state index in [9.17, 15) is 0 Å². The van der Waals surface area contributed by atoms with E-state index in [1.54, 1.807) is 0 Å². The lowest BCUT2D eigenvalue weighted by atomic mass is 9.99. The predicted octanol–water partition coefficient (Wildman–Crippen LogP) is 13.8. The van der Waals surface area contributed by atoms with Crippen molar-refractivity contribution in [2.45, 2.75) is 0 Å². The Kier molecular flexibility index (Phi) is 6.34. The average molecular weight is 700 g/mol. The lowest BCUT2D eigenvalue weighted by Gasteiger charge is -2.11. The molecule has 0 aliphatic heterocycles. The van der Waals surface area contributed by atoms with Crippen LogP contribution in [0, 0.1) is 0 Å². The third kappa shape index (κ3) is 4.38. The van der Waals surface area contributed by atoms with Crippen molar-refractivity contribution in [1.82, 2.24) is 13.7 Å². The van der Waals surface area contributed by atoms with Gasteiger partial charge in [-0.3, -0.25) is 0 Å². The summed E-state index contributed by atoms with van der Waals surface area (Å²) in [7, 11) is 0. The van der Waals surface area contributed by atoms with E-state index in [1.807, 2.05) is 0 Å². The van der Waals surface area contributed by atoms with E-state index in [0.29, 0.717) is 0 Å². The maximum atomic E-state index is 2.46. The van der Waals surface area contributed by atoms with Crippen LogP contribution < -0.4 is 0 Å². The average Bonchev–Trinajstić information content (AvgIpc) is 3.89. The summed E-state index contributed by atoms with van der Waals surface area (Å²) in [5.74, 6) is 0. The van der Waals surface area contributed by atoms with Gasteiger partial charge in [0.25, 0.3) is 0 Å². The van der Waals surface area contributed by atoms with Crippen molar-refractivity contribution in [3.05, 3.63) is 200 Å². The largest absolute Gasteiger partial charge is 0.309 e. The summed E-state index contributed by atoms with van der Waals surface area (Å²) >= 11 is 0. The number of fused-ring (bicyclic) bond motifs is 11. The highest BCUT2D eigenvalue weighted by atomic mass is 15.0. The third-order valence-corrected chi connectivity index (χ3v) is 11.6. The molecule has 0 bridgehead atoms. The van der Waals surface area contributed by atoms with Gasteiger partial charge >= 0.3 is 0 Å². The zero-order valence-corrected chi connectivity index (χ0v) is 29.9. The highest BCUT2D eigenvalue weighted by molar-refractivity contribution is 6.22. The number of benzene rings is 9. The summed E-state index contributed by atoms with van der Waals surface area (Å²) in [5.41, 5.74) is 13.2. The first-order chi connectivity index (χ1) is 27.3. The first-order valence-corrected chi connectivity index (χ1v) is 18.9. The van der Waals surface area contributed by atoms with E-state index in [4.69, 9.17) is 0 Å². The quantitative estimate of drug-likeness (QED) is 0.174. The Bertz CT molecular complexity index is 3470. The maximum absolute atomic E-state index is 2.46. The second-order valence-electron chi connectivity index (χ2n) is 14.6. The van der Waals surface area contributed by atoms with Crippen LogP contribution in [0.4, 0.5) is 0 Å². The molecule has 0 atom stereocenters. The molecule has 0 radical (unpaired) electrons. The van der Waals surface area contributed by atoms with Gasteiger partial charge in [-0.25, -0.2) is 0 Å². The molecule has 0 spiro atoms. The van der Waals surface area contributed by atoms with Crippen LogP contribution in [0.3, 0.4) is 0 Å². The second kappa shape index (κ2) is 11.6. The van der Waals surface area contributed by atoms with E-state index >= 15 is 0 Å². The molecule has 0 aliphatic rings. The highest BCUT2D eigenvalue weighted by Crippen LogP contribution is 2.42. The Balaban J connectivity index is 1.10. The summed E-state index contributed by atoms with van der Waals surface area (Å²) < 4.78 is 7.23. The van der Waals surface area contributed by atoms with Gasteiger partial charge in [-0.2, -0.15) is 0 Å². The molecule has 9 aromatic carbocycles. The molecule has 3 heteroatoms. The van der Waals surface area contributed by atoms with Crippen LogP contribution in [0.25, 0.3) is 104 Å². The molecule has 0 fully saturated rings. The fourth-order valence-corrected chi connectivity index (χ4v) is 9.21. The van der Waals surface area contributed by atoms with E-state index in [-0.39, 0.29) is 0 Å². The van der Waals surface area contributed by atoms with Gasteiger partial charge in [-0.1, -0.05) is 115 Å². The number of nitrogens with zero attached hydrogens (tertiary/aromatic N) is 3. The molecule has 0 aliphatic carbocycles. The standard InChI is InChI=1S/C52H33N3/c1-3-14-37(15-4-1)53-46-21-11-9-19-41(46)43-31-35(24-27-48(43)53)36-25-28-50-45(32-36)52-40-18-8-7-13-34(40)23-29-51(52)55(50)39-26-30-49-44(33-39)42-20-10-12-22-47(42)54(49)38-16-5-2-6-17-38/h1-33H. The van der Waals surface area contributed by atoms with Crippen LogP contribution in [0.5, 0.6) is 0 Å². The molecule has 12 aromatic rings. The molecule has 3 heterocycles. The molecule has 0 saturated heterocycles. The predicted molar refractivity (Wildman–Crippen MR) is 232 cm³/mol. The first-order valence-electron chi connectivity index (χ1n) is 18.9. The van der Waals surface area contributed by atoms with Crippen molar-refractivity contribution >= 4 is 76.2 Å². The number of aromatic nitrogens is 3. The monoisotopic (exact) mass is 699 g/mol. The van der Waals surface area contributed by atoms with Crippen LogP contribution in [0.2, 0.25) is 0 Å². The molecular weight excluding hydrogens is 667 g/mol. The van der Waals surface area contributed by atoms with Crippen molar-refractivity contribution < 1.29 is 0 Å². The minimum absolute atomic E-state index is 1.15. The van der Waals surface area contributed by atoms with Crippen LogP contribution in [-0.4, -0.2) is 13.7 Å². The van der Waals surface area contributed by atoms with Crippen LogP contribution >= 0.6 is 0 Å². The van der Waals surface area contributed by atoms with Crippen LogP contribution in [0.15, 0.2) is 200 Å². The molecule has 12 rings (SSSR count). The summed E-state index contributed by atoms with van der Waals surface area (Å²) in [6.07, 6.45) is 0. The van der Waals surface area contributed by atoms with Crippen molar-refractivity contribution in [2.24, 2.45) is 0 Å². The summed E-state index contributed by atoms with van der Waals surface area (Å²) in [5, 5.41) is 10.1. The number of para-hydroxylation sites is 4. The Morgan fingerprint density at radius 3 is 1.31 bits per heavy atom. The molecule has 256 valence electrons. The summed E-state index contributed by atoms with van der Waals surface area (Å²) in [6.45, 7) is 0. The Labute approximate surface area is 317 Å². The molecule has 0 N–H and O–H groups in total. The van der Waals surface area contributed by atoms with Crippen LogP contribution in [-0.2, 0) is 0 Å². The number of hydrogen-bond donors (Lipinski definition) is 0. The Morgan fingerprint density at radius 1 is 0.236 bits per heavy atom. The lowest BCUT2D eigenvalue weighted by molar-refractivity contribution is 1.17. The number of hydrogen-bond acceptors (Lipinski definition) is 0. The maximum Gasteiger partial charge on any atom is 0.0547 e. The molecule has 0 amide bonds. The number of rotatable bonds is 4. The van der Waals surface area contributed by atoms with Gasteiger partial charge in [0.15, 0.2) is 0 Å². The lowest BCUT2D eigenvalue weighted by Crippen LogP contribution is -1.95. The van der Waals surface area contributed by atoms with Crippen molar-refractivity contribution in [1.29, 1.82) is 0 Å². The zero-order chi connectivity index (χ0) is 36.0. The van der Waals surface area contributed by atoms with Crippen molar-refractivity contribution in [3.8, 4) is 28.2 Å².